The molecule has 3 heterocycles. The van der Waals surface area contributed by atoms with E-state index in [1.807, 2.05) is 6.07 Å². The Hall–Kier alpha value is -2.83. The molecule has 0 spiro atoms. The Morgan fingerprint density at radius 2 is 1.96 bits per heavy atom. The topological polar surface area (TPSA) is 102 Å². The quantitative estimate of drug-likeness (QED) is 0.671. The highest BCUT2D eigenvalue weighted by Crippen LogP contribution is 2.27. The van der Waals surface area contributed by atoms with Crippen LogP contribution in [0.2, 0.25) is 0 Å². The first-order chi connectivity index (χ1) is 11.1. The number of ketones is 1. The summed E-state index contributed by atoms with van der Waals surface area (Å²) >= 11 is 0. The van der Waals surface area contributed by atoms with Crippen LogP contribution in [-0.4, -0.2) is 44.6 Å². The summed E-state index contributed by atoms with van der Waals surface area (Å²) in [5.74, 6) is -0.493. The van der Waals surface area contributed by atoms with Crippen LogP contribution < -0.4 is 5.73 Å². The highest BCUT2D eigenvalue weighted by Gasteiger charge is 2.28. The van der Waals surface area contributed by atoms with Crippen molar-refractivity contribution >= 4 is 17.6 Å². The van der Waals surface area contributed by atoms with E-state index in [-0.39, 0.29) is 11.9 Å². The van der Waals surface area contributed by atoms with E-state index in [2.05, 4.69) is 15.0 Å². The molecule has 1 aliphatic heterocycles. The van der Waals surface area contributed by atoms with Gasteiger partial charge in [-0.05, 0) is 31.0 Å². The molecule has 23 heavy (non-hydrogen) atoms. The van der Waals surface area contributed by atoms with Gasteiger partial charge < -0.3 is 10.6 Å². The number of hydrogen-bond donors (Lipinski definition) is 1. The van der Waals surface area contributed by atoms with Gasteiger partial charge in [0.05, 0.1) is 0 Å². The van der Waals surface area contributed by atoms with E-state index in [1.165, 1.54) is 6.20 Å². The number of hydrogen-bond acceptors (Lipinski definition) is 6. The third-order valence-electron chi connectivity index (χ3n) is 4.01. The van der Waals surface area contributed by atoms with Crippen molar-refractivity contribution in [2.75, 3.05) is 18.8 Å². The number of likely N-dealkylation sites (tertiary alicyclic amines) is 1. The Labute approximate surface area is 133 Å². The molecule has 0 aromatic carbocycles. The van der Waals surface area contributed by atoms with Crippen molar-refractivity contribution < 1.29 is 9.59 Å². The third-order valence-corrected chi connectivity index (χ3v) is 4.01. The molecule has 1 aliphatic rings. The van der Waals surface area contributed by atoms with Gasteiger partial charge in [-0.3, -0.25) is 14.6 Å². The van der Waals surface area contributed by atoms with Crippen molar-refractivity contribution in [1.82, 2.24) is 19.9 Å². The molecule has 2 aromatic rings. The number of nitrogen functional groups attached to an aromatic ring is 1. The summed E-state index contributed by atoms with van der Waals surface area (Å²) in [5, 5.41) is 0. The van der Waals surface area contributed by atoms with E-state index in [9.17, 15) is 9.59 Å². The van der Waals surface area contributed by atoms with Crippen molar-refractivity contribution in [3.8, 4) is 0 Å². The maximum absolute atomic E-state index is 12.3. The van der Waals surface area contributed by atoms with E-state index in [0.717, 1.165) is 18.5 Å². The predicted molar refractivity (Wildman–Crippen MR) is 83.6 cm³/mol. The fraction of sp³-hybridized carbons (Fsp3) is 0.312. The van der Waals surface area contributed by atoms with Crippen LogP contribution >= 0.6 is 0 Å². The fourth-order valence-electron chi connectivity index (χ4n) is 2.76. The summed E-state index contributed by atoms with van der Waals surface area (Å²) in [5.41, 5.74) is 6.82. The van der Waals surface area contributed by atoms with Crippen LogP contribution in [0.5, 0.6) is 0 Å². The molecule has 7 nitrogen and oxygen atoms in total. The van der Waals surface area contributed by atoms with Crippen molar-refractivity contribution in [3.63, 3.8) is 0 Å². The van der Waals surface area contributed by atoms with Gasteiger partial charge in [0.2, 0.25) is 5.95 Å². The number of Topliss-reactive ketones (excluding diaryl/α,β-unsaturated/α-hetero) is 1. The lowest BCUT2D eigenvalue weighted by Crippen LogP contribution is -2.41. The Morgan fingerprint density at radius 1 is 1.17 bits per heavy atom. The molecule has 118 valence electrons. The van der Waals surface area contributed by atoms with E-state index in [1.54, 1.807) is 29.4 Å². The Bertz CT molecular complexity index is 711. The van der Waals surface area contributed by atoms with Crippen LogP contribution in [0.4, 0.5) is 5.95 Å². The van der Waals surface area contributed by atoms with Gasteiger partial charge >= 0.3 is 0 Å². The van der Waals surface area contributed by atoms with Crippen molar-refractivity contribution in [2.24, 2.45) is 0 Å². The van der Waals surface area contributed by atoms with Gasteiger partial charge in [-0.1, -0.05) is 0 Å². The smallest absolute Gasteiger partial charge is 0.295 e. The number of piperidine rings is 1. The molecule has 0 saturated carbocycles. The van der Waals surface area contributed by atoms with E-state index >= 15 is 0 Å². The average molecular weight is 311 g/mol. The molecule has 0 radical (unpaired) electrons. The molecule has 0 atom stereocenters. The molecule has 1 amide bonds. The number of amides is 1. The zero-order chi connectivity index (χ0) is 16.2. The van der Waals surface area contributed by atoms with Crippen LogP contribution in [0.25, 0.3) is 0 Å². The molecule has 2 aromatic heterocycles. The summed E-state index contributed by atoms with van der Waals surface area (Å²) < 4.78 is 0. The number of carbonyl (C=O) groups excluding carboxylic acids is 2. The van der Waals surface area contributed by atoms with E-state index in [4.69, 9.17) is 5.73 Å². The molecule has 0 aliphatic carbocycles. The number of pyridine rings is 1. The van der Waals surface area contributed by atoms with Gasteiger partial charge in [-0.2, -0.15) is 0 Å². The first-order valence-corrected chi connectivity index (χ1v) is 7.47. The molecule has 7 heteroatoms. The molecule has 1 saturated heterocycles. The second-order valence-corrected chi connectivity index (χ2v) is 5.48. The number of nitrogens with zero attached hydrogens (tertiary/aromatic N) is 4. The lowest BCUT2D eigenvalue weighted by molar-refractivity contribution is -0.127. The first-order valence-electron chi connectivity index (χ1n) is 7.47. The van der Waals surface area contributed by atoms with Gasteiger partial charge in [-0.15, -0.1) is 0 Å². The van der Waals surface area contributed by atoms with Gasteiger partial charge in [0.1, 0.15) is 0 Å². The minimum absolute atomic E-state index is 0.234. The monoisotopic (exact) mass is 311 g/mol. The molecule has 0 bridgehead atoms. The SMILES string of the molecule is Nc1nccc(C2CCN(C(=O)C(=O)c3cccnc3)CC2)n1. The second kappa shape index (κ2) is 6.51. The van der Waals surface area contributed by atoms with Crippen molar-refractivity contribution in [1.29, 1.82) is 0 Å². The maximum Gasteiger partial charge on any atom is 0.295 e. The normalized spacial score (nSPS) is 15.4. The number of carbonyl (C=O) groups is 2. The Morgan fingerprint density at radius 3 is 2.61 bits per heavy atom. The number of aromatic nitrogens is 3. The first kappa shape index (κ1) is 15.1. The lowest BCUT2D eigenvalue weighted by Gasteiger charge is -2.31. The fourth-order valence-corrected chi connectivity index (χ4v) is 2.76. The maximum atomic E-state index is 12.3. The molecule has 0 unspecified atom stereocenters. The molecular formula is C16H17N5O2. The Kier molecular flexibility index (Phi) is 4.27. The minimum Gasteiger partial charge on any atom is -0.368 e. The van der Waals surface area contributed by atoms with Gasteiger partial charge in [-0.25, -0.2) is 9.97 Å². The summed E-state index contributed by atoms with van der Waals surface area (Å²) in [6, 6.07) is 5.09. The van der Waals surface area contributed by atoms with Crippen molar-refractivity contribution in [3.05, 3.63) is 48.0 Å². The van der Waals surface area contributed by atoms with Crippen LogP contribution in [0.15, 0.2) is 36.8 Å². The summed E-state index contributed by atoms with van der Waals surface area (Å²) in [7, 11) is 0. The van der Waals surface area contributed by atoms with Gasteiger partial charge in [0, 0.05) is 48.9 Å². The molecule has 1 fully saturated rings. The van der Waals surface area contributed by atoms with E-state index < -0.39 is 11.7 Å². The highest BCUT2D eigenvalue weighted by atomic mass is 16.2. The van der Waals surface area contributed by atoms with Gasteiger partial charge in [0.25, 0.3) is 11.7 Å². The third kappa shape index (κ3) is 3.33. The number of anilines is 1. The minimum atomic E-state index is -0.511. The Balaban J connectivity index is 1.62. The standard InChI is InChI=1S/C16H17N5O2/c17-16-19-7-3-13(20-16)11-4-8-21(9-5-11)15(23)14(22)12-2-1-6-18-10-12/h1-3,6-7,10-11H,4-5,8-9H2,(H2,17,19,20). The van der Waals surface area contributed by atoms with Gasteiger partial charge in [0.15, 0.2) is 0 Å². The van der Waals surface area contributed by atoms with Crippen molar-refractivity contribution in [2.45, 2.75) is 18.8 Å². The van der Waals surface area contributed by atoms with E-state index in [0.29, 0.717) is 18.7 Å². The summed E-state index contributed by atoms with van der Waals surface area (Å²) in [4.78, 5) is 38.1. The predicted octanol–water partition coefficient (Wildman–Crippen LogP) is 1.04. The van der Waals surface area contributed by atoms with Crippen LogP contribution in [-0.2, 0) is 4.79 Å². The number of rotatable bonds is 3. The second-order valence-electron chi connectivity index (χ2n) is 5.48. The largest absolute Gasteiger partial charge is 0.368 e. The highest BCUT2D eigenvalue weighted by molar-refractivity contribution is 6.42. The van der Waals surface area contributed by atoms with Crippen LogP contribution in [0.1, 0.15) is 34.8 Å². The summed E-state index contributed by atoms with van der Waals surface area (Å²) in [6.45, 7) is 1.05. The molecule has 3 rings (SSSR count). The van der Waals surface area contributed by atoms with Crippen LogP contribution in [0, 0.1) is 0 Å². The zero-order valence-electron chi connectivity index (χ0n) is 12.6. The number of nitrogens with two attached hydrogens (primary N) is 1. The lowest BCUT2D eigenvalue weighted by atomic mass is 9.93. The molecule has 2 N–H and O–H groups in total. The average Bonchev–Trinajstić information content (AvgIpc) is 2.61. The summed E-state index contributed by atoms with van der Waals surface area (Å²) in [6.07, 6.45) is 6.13. The zero-order valence-corrected chi connectivity index (χ0v) is 12.6. The molecular weight excluding hydrogens is 294 g/mol. The van der Waals surface area contributed by atoms with Crippen LogP contribution in [0.3, 0.4) is 0 Å².